The molecule has 20 heavy (non-hydrogen) atoms. The van der Waals surface area contributed by atoms with Crippen LogP contribution in [0.3, 0.4) is 0 Å². The topological polar surface area (TPSA) is 64.6 Å². The first-order chi connectivity index (χ1) is 9.26. The average molecular weight is 277 g/mol. The summed E-state index contributed by atoms with van der Waals surface area (Å²) >= 11 is 0. The van der Waals surface area contributed by atoms with Gasteiger partial charge in [-0.05, 0) is 44.5 Å². The molecule has 5 nitrogen and oxygen atoms in total. The van der Waals surface area contributed by atoms with Crippen LogP contribution in [-0.4, -0.2) is 24.8 Å². The second-order valence-corrected chi connectivity index (χ2v) is 5.12. The molecule has 0 bridgehead atoms. The quantitative estimate of drug-likeness (QED) is 0.859. The predicted octanol–water partition coefficient (Wildman–Crippen LogP) is 3.46. The first-order valence-corrected chi connectivity index (χ1v) is 6.11. The molecule has 0 aromatic heterocycles. The minimum absolute atomic E-state index is 0.386. The molecular formula is C15H19NO4. The molecule has 0 aliphatic rings. The molecule has 1 rings (SSSR count). The first-order valence-electron chi connectivity index (χ1n) is 6.11. The molecular weight excluding hydrogens is 258 g/mol. The number of rotatable bonds is 3. The molecule has 0 radical (unpaired) electrons. The SMILES string of the molecule is C=Cc1cc(NC(=O)OC(C)(C)C)ccc1C(=O)OC. The Labute approximate surface area is 118 Å². The van der Waals surface area contributed by atoms with Gasteiger partial charge in [-0.1, -0.05) is 12.7 Å². The van der Waals surface area contributed by atoms with Gasteiger partial charge in [-0.15, -0.1) is 0 Å². The van der Waals surface area contributed by atoms with Gasteiger partial charge in [-0.2, -0.15) is 0 Å². The third kappa shape index (κ3) is 4.42. The molecule has 0 aliphatic heterocycles. The zero-order valence-corrected chi connectivity index (χ0v) is 12.1. The third-order valence-corrected chi connectivity index (χ3v) is 2.32. The normalized spacial score (nSPS) is 10.6. The van der Waals surface area contributed by atoms with E-state index in [0.29, 0.717) is 16.8 Å². The summed E-state index contributed by atoms with van der Waals surface area (Å²) in [7, 11) is 1.31. The van der Waals surface area contributed by atoms with Gasteiger partial charge in [0, 0.05) is 5.69 Å². The summed E-state index contributed by atoms with van der Waals surface area (Å²) in [5, 5.41) is 2.60. The van der Waals surface area contributed by atoms with Crippen LogP contribution < -0.4 is 5.32 Å². The number of ether oxygens (including phenoxy) is 2. The molecule has 1 amide bonds. The summed E-state index contributed by atoms with van der Waals surface area (Å²) in [6.07, 6.45) is 0.963. The maximum Gasteiger partial charge on any atom is 0.412 e. The number of methoxy groups -OCH3 is 1. The average Bonchev–Trinajstić information content (AvgIpc) is 2.35. The molecule has 0 atom stereocenters. The molecule has 0 heterocycles. The minimum atomic E-state index is -0.572. The van der Waals surface area contributed by atoms with Crippen LogP contribution in [0.4, 0.5) is 10.5 Å². The van der Waals surface area contributed by atoms with Crippen molar-refractivity contribution in [1.82, 2.24) is 0 Å². The Kier molecular flexibility index (Phi) is 4.91. The Hall–Kier alpha value is -2.30. The molecule has 0 spiro atoms. The highest BCUT2D eigenvalue weighted by atomic mass is 16.6. The number of amides is 1. The van der Waals surface area contributed by atoms with Crippen molar-refractivity contribution in [2.75, 3.05) is 12.4 Å². The van der Waals surface area contributed by atoms with Crippen molar-refractivity contribution in [1.29, 1.82) is 0 Å². The van der Waals surface area contributed by atoms with Crippen LogP contribution in [-0.2, 0) is 9.47 Å². The van der Waals surface area contributed by atoms with Crippen LogP contribution in [0.2, 0.25) is 0 Å². The van der Waals surface area contributed by atoms with Gasteiger partial charge in [-0.25, -0.2) is 9.59 Å². The van der Waals surface area contributed by atoms with Crippen molar-refractivity contribution in [3.63, 3.8) is 0 Å². The Morgan fingerprint density at radius 3 is 2.45 bits per heavy atom. The van der Waals surface area contributed by atoms with Crippen LogP contribution in [0, 0.1) is 0 Å². The Morgan fingerprint density at radius 2 is 1.95 bits per heavy atom. The van der Waals surface area contributed by atoms with Gasteiger partial charge in [0.05, 0.1) is 12.7 Å². The van der Waals surface area contributed by atoms with Gasteiger partial charge < -0.3 is 9.47 Å². The second-order valence-electron chi connectivity index (χ2n) is 5.12. The predicted molar refractivity (Wildman–Crippen MR) is 77.7 cm³/mol. The van der Waals surface area contributed by atoms with Crippen LogP contribution in [0.1, 0.15) is 36.7 Å². The van der Waals surface area contributed by atoms with Gasteiger partial charge in [0.25, 0.3) is 0 Å². The van der Waals surface area contributed by atoms with Crippen molar-refractivity contribution < 1.29 is 19.1 Å². The summed E-state index contributed by atoms with van der Waals surface area (Å²) in [5.74, 6) is -0.455. The van der Waals surface area contributed by atoms with E-state index < -0.39 is 17.7 Å². The Morgan fingerprint density at radius 1 is 1.30 bits per heavy atom. The van der Waals surface area contributed by atoms with E-state index in [1.54, 1.807) is 39.0 Å². The number of hydrogen-bond donors (Lipinski definition) is 1. The Balaban J connectivity index is 2.91. The van der Waals surface area contributed by atoms with E-state index in [-0.39, 0.29) is 0 Å². The number of nitrogens with one attached hydrogen (secondary N) is 1. The van der Waals surface area contributed by atoms with Crippen LogP contribution in [0.5, 0.6) is 0 Å². The van der Waals surface area contributed by atoms with E-state index in [0.717, 1.165) is 0 Å². The largest absolute Gasteiger partial charge is 0.465 e. The number of carbonyl (C=O) groups is 2. The lowest BCUT2D eigenvalue weighted by Crippen LogP contribution is -2.27. The van der Waals surface area contributed by atoms with Crippen LogP contribution in [0.25, 0.3) is 6.08 Å². The number of benzene rings is 1. The molecule has 1 N–H and O–H groups in total. The first kappa shape index (κ1) is 15.8. The molecule has 5 heteroatoms. The maximum atomic E-state index is 11.7. The fraction of sp³-hybridized carbons (Fsp3) is 0.333. The fourth-order valence-electron chi connectivity index (χ4n) is 1.53. The van der Waals surface area contributed by atoms with Gasteiger partial charge >= 0.3 is 12.1 Å². The van der Waals surface area contributed by atoms with E-state index in [2.05, 4.69) is 16.6 Å². The Bertz CT molecular complexity index is 529. The summed E-state index contributed by atoms with van der Waals surface area (Å²) in [4.78, 5) is 23.2. The van der Waals surface area contributed by atoms with Crippen LogP contribution in [0.15, 0.2) is 24.8 Å². The summed E-state index contributed by atoms with van der Waals surface area (Å²) in [6, 6.07) is 4.79. The zero-order valence-electron chi connectivity index (χ0n) is 12.1. The number of esters is 1. The van der Waals surface area contributed by atoms with Crippen molar-refractivity contribution in [2.24, 2.45) is 0 Å². The molecule has 0 aliphatic carbocycles. The highest BCUT2D eigenvalue weighted by Gasteiger charge is 2.17. The minimum Gasteiger partial charge on any atom is -0.465 e. The van der Waals surface area contributed by atoms with E-state index in [9.17, 15) is 9.59 Å². The van der Waals surface area contributed by atoms with Crippen LogP contribution >= 0.6 is 0 Å². The molecule has 0 saturated carbocycles. The van der Waals surface area contributed by atoms with E-state index in [1.165, 1.54) is 13.2 Å². The maximum absolute atomic E-state index is 11.7. The number of hydrogen-bond acceptors (Lipinski definition) is 4. The lowest BCUT2D eigenvalue weighted by atomic mass is 10.1. The highest BCUT2D eigenvalue weighted by Crippen LogP contribution is 2.19. The van der Waals surface area contributed by atoms with Crippen molar-refractivity contribution in [2.45, 2.75) is 26.4 Å². The molecule has 108 valence electrons. The summed E-state index contributed by atoms with van der Waals surface area (Å²) in [5.41, 5.74) is 0.904. The molecule has 1 aromatic rings. The standard InChI is InChI=1S/C15H19NO4/c1-6-10-9-11(7-8-12(10)13(17)19-5)16-14(18)20-15(2,3)4/h6-9H,1H2,2-5H3,(H,16,18). The molecule has 0 unspecified atom stereocenters. The fourth-order valence-corrected chi connectivity index (χ4v) is 1.53. The van der Waals surface area contributed by atoms with Gasteiger partial charge in [0.15, 0.2) is 0 Å². The molecule has 0 saturated heterocycles. The van der Waals surface area contributed by atoms with Gasteiger partial charge in [0.1, 0.15) is 5.60 Å². The van der Waals surface area contributed by atoms with Gasteiger partial charge in [0.2, 0.25) is 0 Å². The second kappa shape index (κ2) is 6.23. The highest BCUT2D eigenvalue weighted by molar-refractivity contribution is 5.95. The van der Waals surface area contributed by atoms with E-state index in [1.807, 2.05) is 0 Å². The number of carbonyl (C=O) groups excluding carboxylic acids is 2. The number of anilines is 1. The summed E-state index contributed by atoms with van der Waals surface area (Å²) in [6.45, 7) is 8.98. The van der Waals surface area contributed by atoms with Gasteiger partial charge in [-0.3, -0.25) is 5.32 Å². The monoisotopic (exact) mass is 277 g/mol. The molecule has 0 fully saturated rings. The van der Waals surface area contributed by atoms with Crippen molar-refractivity contribution >= 4 is 23.8 Å². The van der Waals surface area contributed by atoms with E-state index in [4.69, 9.17) is 4.74 Å². The van der Waals surface area contributed by atoms with Crippen molar-refractivity contribution in [3.05, 3.63) is 35.9 Å². The smallest absolute Gasteiger partial charge is 0.412 e. The summed E-state index contributed by atoms with van der Waals surface area (Å²) < 4.78 is 9.81. The van der Waals surface area contributed by atoms with Crippen molar-refractivity contribution in [3.8, 4) is 0 Å². The lowest BCUT2D eigenvalue weighted by molar-refractivity contribution is 0.0598. The molecule has 1 aromatic carbocycles. The third-order valence-electron chi connectivity index (χ3n) is 2.32. The zero-order chi connectivity index (χ0) is 15.3. The lowest BCUT2D eigenvalue weighted by Gasteiger charge is -2.19. The van der Waals surface area contributed by atoms with E-state index >= 15 is 0 Å².